The largest absolute Gasteiger partial charge is 0.478 e. The Morgan fingerprint density at radius 1 is 0.606 bits per heavy atom. The van der Waals surface area contributed by atoms with Crippen molar-refractivity contribution in [3.63, 3.8) is 0 Å². The summed E-state index contributed by atoms with van der Waals surface area (Å²) in [5.74, 6) is 0.359. The number of methoxy groups -OCH3 is 1. The van der Waals surface area contributed by atoms with Gasteiger partial charge >= 0.3 is 11.9 Å². The van der Waals surface area contributed by atoms with Crippen LogP contribution in [0.25, 0.3) is 44.3 Å². The van der Waals surface area contributed by atoms with E-state index in [4.69, 9.17) is 60.2 Å². The predicted octanol–water partition coefficient (Wildman–Crippen LogP) is 11.1. The van der Waals surface area contributed by atoms with Gasteiger partial charge < -0.3 is 37.8 Å². The van der Waals surface area contributed by atoms with Crippen molar-refractivity contribution < 1.29 is 28.5 Å². The molecule has 0 radical (unpaired) electrons. The Bertz CT molecular complexity index is 3210. The third-order valence-corrected chi connectivity index (χ3v) is 15.0. The van der Waals surface area contributed by atoms with Gasteiger partial charge in [0.05, 0.1) is 49.4 Å². The average molecular weight is 1040 g/mol. The SMILES string of the molecule is COC(=O)c1cn(C)c2cc(N3CCN(CCc4c(-c5c(Cl)cccc5Cl)noc4C)CC3)ccc12.Cc1onc(-c2c(Cl)cccc2Cl)c1CCN1CCN(c2ccc3c(C(=O)O)cn(C)c3c2)CC1. The molecule has 0 spiro atoms. The molecule has 0 aliphatic carbocycles. The van der Waals surface area contributed by atoms with Crippen molar-refractivity contribution in [3.05, 3.63) is 139 Å². The van der Waals surface area contributed by atoms with E-state index >= 15 is 0 Å². The lowest BCUT2D eigenvalue weighted by atomic mass is 10.0. The second-order valence-electron chi connectivity index (χ2n) is 18.0. The number of rotatable bonds is 12. The minimum Gasteiger partial charge on any atom is -0.478 e. The van der Waals surface area contributed by atoms with Crippen molar-refractivity contribution >= 4 is 91.5 Å². The maximum atomic E-state index is 12.1. The average Bonchev–Trinajstić information content (AvgIpc) is 4.12. The molecule has 14 nitrogen and oxygen atoms in total. The van der Waals surface area contributed by atoms with E-state index in [0.29, 0.717) is 36.9 Å². The summed E-state index contributed by atoms with van der Waals surface area (Å²) in [6.45, 7) is 13.0. The molecule has 8 aromatic rings. The highest BCUT2D eigenvalue weighted by molar-refractivity contribution is 6.39. The van der Waals surface area contributed by atoms with Gasteiger partial charge in [0.25, 0.3) is 0 Å². The molecule has 18 heteroatoms. The first-order valence-electron chi connectivity index (χ1n) is 23.4. The minimum absolute atomic E-state index is 0.315. The van der Waals surface area contributed by atoms with Crippen molar-refractivity contribution in [2.24, 2.45) is 14.1 Å². The van der Waals surface area contributed by atoms with Crippen LogP contribution in [0.5, 0.6) is 0 Å². The number of benzene rings is 4. The summed E-state index contributed by atoms with van der Waals surface area (Å²) in [6, 6.07) is 23.2. The number of aryl methyl sites for hydroxylation is 4. The van der Waals surface area contributed by atoms with Crippen molar-refractivity contribution in [2.75, 3.05) is 82.4 Å². The monoisotopic (exact) mass is 1040 g/mol. The van der Waals surface area contributed by atoms with E-state index in [9.17, 15) is 14.7 Å². The highest BCUT2D eigenvalue weighted by Crippen LogP contribution is 2.39. The van der Waals surface area contributed by atoms with Gasteiger partial charge in [0, 0.05) is 136 Å². The molecular formula is C53H54Cl4N8O6. The Morgan fingerprint density at radius 2 is 1.00 bits per heavy atom. The van der Waals surface area contributed by atoms with E-state index in [-0.39, 0.29) is 5.97 Å². The van der Waals surface area contributed by atoms with E-state index in [2.05, 4.69) is 48.1 Å². The Kier molecular flexibility index (Phi) is 15.0. The van der Waals surface area contributed by atoms with Crippen LogP contribution >= 0.6 is 46.4 Å². The zero-order valence-electron chi connectivity index (χ0n) is 40.1. The van der Waals surface area contributed by atoms with Crippen molar-refractivity contribution in [1.82, 2.24) is 29.2 Å². The number of piperazine rings is 2. The predicted molar refractivity (Wildman–Crippen MR) is 282 cm³/mol. The topological polar surface area (TPSA) is 138 Å². The number of carbonyl (C=O) groups excluding carboxylic acids is 1. The fraction of sp³-hybridized carbons (Fsp3) is 0.321. The van der Waals surface area contributed by atoms with E-state index in [0.717, 1.165) is 151 Å². The van der Waals surface area contributed by atoms with Crippen LogP contribution in [0.4, 0.5) is 11.4 Å². The maximum Gasteiger partial charge on any atom is 0.340 e. The quantitative estimate of drug-likeness (QED) is 0.117. The third-order valence-electron chi connectivity index (χ3n) is 13.8. The molecular weight excluding hydrogens is 986 g/mol. The number of esters is 1. The van der Waals surface area contributed by atoms with Gasteiger partial charge in [-0.3, -0.25) is 9.80 Å². The highest BCUT2D eigenvalue weighted by atomic mass is 35.5. The van der Waals surface area contributed by atoms with Gasteiger partial charge in [0.1, 0.15) is 22.9 Å². The van der Waals surface area contributed by atoms with Crippen LogP contribution in [0.3, 0.4) is 0 Å². The van der Waals surface area contributed by atoms with E-state index in [1.165, 1.54) is 7.11 Å². The van der Waals surface area contributed by atoms with Gasteiger partial charge in [-0.15, -0.1) is 0 Å². The van der Waals surface area contributed by atoms with Crippen LogP contribution in [0.15, 0.2) is 94.2 Å². The van der Waals surface area contributed by atoms with E-state index in [1.54, 1.807) is 6.20 Å². The molecule has 2 saturated heterocycles. The van der Waals surface area contributed by atoms with E-state index < -0.39 is 5.97 Å². The molecule has 71 heavy (non-hydrogen) atoms. The number of carboxylic acids is 1. The molecule has 2 fully saturated rings. The lowest BCUT2D eigenvalue weighted by Crippen LogP contribution is -2.47. The molecule has 10 rings (SSSR count). The zero-order chi connectivity index (χ0) is 50.1. The van der Waals surface area contributed by atoms with Gasteiger partial charge in [0.15, 0.2) is 0 Å². The zero-order valence-corrected chi connectivity index (χ0v) is 43.2. The van der Waals surface area contributed by atoms with Crippen molar-refractivity contribution in [1.29, 1.82) is 0 Å². The summed E-state index contributed by atoms with van der Waals surface area (Å²) >= 11 is 25.7. The molecule has 4 aromatic carbocycles. The minimum atomic E-state index is -0.903. The molecule has 0 bridgehead atoms. The summed E-state index contributed by atoms with van der Waals surface area (Å²) in [7, 11) is 5.24. The third kappa shape index (κ3) is 10.4. The number of aromatic carboxylic acids is 1. The van der Waals surface area contributed by atoms with Gasteiger partial charge in [0.2, 0.25) is 0 Å². The van der Waals surface area contributed by atoms with Crippen molar-refractivity contribution in [3.8, 4) is 22.5 Å². The number of carbonyl (C=O) groups is 2. The van der Waals surface area contributed by atoms with Crippen LogP contribution < -0.4 is 9.80 Å². The fourth-order valence-corrected chi connectivity index (χ4v) is 10.9. The van der Waals surface area contributed by atoms with E-state index in [1.807, 2.05) is 97.9 Å². The first-order chi connectivity index (χ1) is 34.2. The first-order valence-corrected chi connectivity index (χ1v) is 24.9. The standard InChI is InChI=1S/C27H28Cl2N4O3.C26H26Cl2N4O3/c1-17-19(26(30-36-17)25-22(28)5-4-6-23(25)29)9-10-32-11-13-33(14-12-32)18-7-8-20-21(27(34)35-3)16-31(2)24(20)15-18;1-16-18(25(29-35-16)24-21(27)4-3-5-22(24)28)8-9-31-10-12-32(13-11-31)17-6-7-19-20(26(33)34)15-30(2)23(19)14-17/h4-8,15-16H,9-14H2,1-3H3;3-7,14-15H,8-13H2,1-2H3,(H,33,34). The van der Waals surface area contributed by atoms with Gasteiger partial charge in [-0.2, -0.15) is 0 Å². The lowest BCUT2D eigenvalue weighted by Gasteiger charge is -2.36. The lowest BCUT2D eigenvalue weighted by molar-refractivity contribution is 0.0601. The number of halogens is 4. The normalized spacial score (nSPS) is 14.6. The summed E-state index contributed by atoms with van der Waals surface area (Å²) < 4.78 is 19.8. The molecule has 4 aromatic heterocycles. The number of fused-ring (bicyclic) bond motifs is 2. The molecule has 0 saturated carbocycles. The summed E-state index contributed by atoms with van der Waals surface area (Å²) in [5, 5.41) is 21.9. The van der Waals surface area contributed by atoms with Gasteiger partial charge in [-0.1, -0.05) is 68.8 Å². The highest BCUT2D eigenvalue weighted by Gasteiger charge is 2.26. The molecule has 0 amide bonds. The Hall–Kier alpha value is -6.00. The molecule has 0 atom stereocenters. The molecule has 1 N–H and O–H groups in total. The smallest absolute Gasteiger partial charge is 0.340 e. The Balaban J connectivity index is 0.000000176. The van der Waals surface area contributed by atoms with Crippen LogP contribution in [0.1, 0.15) is 43.4 Å². The number of nitrogens with zero attached hydrogens (tertiary/aromatic N) is 8. The summed E-state index contributed by atoms with van der Waals surface area (Å²) in [5.41, 5.74) is 10.1. The maximum absolute atomic E-state index is 12.1. The number of anilines is 2. The van der Waals surface area contributed by atoms with Crippen LogP contribution in [0, 0.1) is 13.8 Å². The number of carboxylic acid groups (broad SMARTS) is 1. The number of hydrogen-bond acceptors (Lipinski definition) is 11. The molecule has 0 unspecified atom stereocenters. The second-order valence-corrected chi connectivity index (χ2v) is 19.6. The second kappa shape index (κ2) is 21.4. The molecule has 2 aliphatic heterocycles. The Labute approximate surface area is 431 Å². The van der Waals surface area contributed by atoms with Crippen LogP contribution in [0.2, 0.25) is 20.1 Å². The molecule has 2 aliphatic rings. The Morgan fingerprint density at radius 3 is 1.39 bits per heavy atom. The van der Waals surface area contributed by atoms with Crippen LogP contribution in [-0.2, 0) is 31.7 Å². The number of aromatic nitrogens is 4. The summed E-state index contributed by atoms with van der Waals surface area (Å²) in [4.78, 5) is 33.2. The summed E-state index contributed by atoms with van der Waals surface area (Å²) in [6.07, 6.45) is 5.10. The van der Waals surface area contributed by atoms with Gasteiger partial charge in [-0.05, 0) is 87.4 Å². The van der Waals surface area contributed by atoms with Crippen LogP contribution in [-0.4, -0.2) is 119 Å². The van der Waals surface area contributed by atoms with Crippen molar-refractivity contribution in [2.45, 2.75) is 26.7 Å². The molecule has 370 valence electrons. The van der Waals surface area contributed by atoms with Gasteiger partial charge in [-0.25, -0.2) is 9.59 Å². The number of ether oxygens (including phenoxy) is 1. The number of hydrogen-bond donors (Lipinski definition) is 1. The fourth-order valence-electron chi connectivity index (χ4n) is 9.79. The first kappa shape index (κ1) is 50.0. The molecule has 6 heterocycles.